The number of hydrogen-bond donors (Lipinski definition) is 2. The van der Waals surface area contributed by atoms with Gasteiger partial charge < -0.3 is 9.47 Å². The van der Waals surface area contributed by atoms with Crippen LogP contribution in [0.5, 0.6) is 11.5 Å². The first kappa shape index (κ1) is 19.2. The maximum Gasteiger partial charge on any atom is 0.269 e. The van der Waals surface area contributed by atoms with Crippen molar-refractivity contribution in [2.45, 2.75) is 39.7 Å². The van der Waals surface area contributed by atoms with Gasteiger partial charge in [-0.25, -0.2) is 0 Å². The Morgan fingerprint density at radius 2 is 2.04 bits per heavy atom. The number of carbonyl (C=O) groups is 2. The second kappa shape index (κ2) is 8.43. The van der Waals surface area contributed by atoms with Crippen molar-refractivity contribution in [1.82, 2.24) is 20.6 Å². The van der Waals surface area contributed by atoms with E-state index < -0.39 is 5.91 Å². The van der Waals surface area contributed by atoms with Crippen LogP contribution in [0.1, 0.15) is 40.2 Å². The van der Waals surface area contributed by atoms with Crippen LogP contribution in [0.4, 0.5) is 0 Å². The molecule has 2 N–H and O–H groups in total. The van der Waals surface area contributed by atoms with Crippen molar-refractivity contribution in [3.05, 3.63) is 40.7 Å². The van der Waals surface area contributed by atoms with Crippen molar-refractivity contribution in [2.24, 2.45) is 0 Å². The number of nitrogens with zero attached hydrogens (tertiary/aromatic N) is 3. The Labute approximate surface area is 162 Å². The summed E-state index contributed by atoms with van der Waals surface area (Å²) in [6.07, 6.45) is 1.08. The standard InChI is InChI=1S/C19H21N5O4/c1-12-15(13(2)24(23-12)9-3-8-20)5-7-18(25)21-22-19(26)14-4-6-16-17(10-14)28-11-27-16/h4,6,10H,3,5,7,9,11H2,1-2H3,(H,21,25)(H,22,26). The highest BCUT2D eigenvalue weighted by molar-refractivity contribution is 5.96. The number of benzene rings is 1. The molecule has 9 heteroatoms. The summed E-state index contributed by atoms with van der Waals surface area (Å²) in [6, 6.07) is 6.90. The highest BCUT2D eigenvalue weighted by Gasteiger charge is 2.17. The van der Waals surface area contributed by atoms with E-state index in [-0.39, 0.29) is 19.1 Å². The summed E-state index contributed by atoms with van der Waals surface area (Å²) < 4.78 is 12.2. The highest BCUT2D eigenvalue weighted by atomic mass is 16.7. The van der Waals surface area contributed by atoms with Crippen LogP contribution >= 0.6 is 0 Å². The Hall–Kier alpha value is -3.54. The summed E-state index contributed by atoms with van der Waals surface area (Å²) in [5.74, 6) is 0.334. The van der Waals surface area contributed by atoms with Crippen LogP contribution in [-0.4, -0.2) is 28.4 Å². The molecule has 2 heterocycles. The van der Waals surface area contributed by atoms with Gasteiger partial charge in [0.2, 0.25) is 12.7 Å². The van der Waals surface area contributed by atoms with Gasteiger partial charge in [-0.1, -0.05) is 0 Å². The third kappa shape index (κ3) is 4.23. The van der Waals surface area contributed by atoms with Gasteiger partial charge in [0.15, 0.2) is 11.5 Å². The Morgan fingerprint density at radius 3 is 2.82 bits per heavy atom. The normalized spacial score (nSPS) is 11.8. The molecule has 0 radical (unpaired) electrons. The van der Waals surface area contributed by atoms with Gasteiger partial charge in [0, 0.05) is 17.7 Å². The molecule has 0 saturated heterocycles. The average molecular weight is 383 g/mol. The van der Waals surface area contributed by atoms with Crippen LogP contribution in [-0.2, 0) is 17.8 Å². The van der Waals surface area contributed by atoms with Crippen molar-refractivity contribution in [3.8, 4) is 17.6 Å². The molecule has 0 bridgehead atoms. The maximum absolute atomic E-state index is 12.2. The summed E-state index contributed by atoms with van der Waals surface area (Å²) in [5.41, 5.74) is 7.94. The van der Waals surface area contributed by atoms with E-state index in [1.54, 1.807) is 22.9 Å². The van der Waals surface area contributed by atoms with Crippen LogP contribution in [0.3, 0.4) is 0 Å². The molecule has 3 rings (SSSR count). The zero-order valence-corrected chi connectivity index (χ0v) is 15.7. The monoisotopic (exact) mass is 383 g/mol. The Morgan fingerprint density at radius 1 is 1.25 bits per heavy atom. The molecule has 0 aliphatic carbocycles. The van der Waals surface area contributed by atoms with Crippen molar-refractivity contribution in [1.29, 1.82) is 5.26 Å². The molecule has 2 aromatic rings. The first-order valence-corrected chi connectivity index (χ1v) is 8.88. The van der Waals surface area contributed by atoms with Gasteiger partial charge in [-0.15, -0.1) is 0 Å². The minimum Gasteiger partial charge on any atom is -0.454 e. The first-order valence-electron chi connectivity index (χ1n) is 8.88. The van der Waals surface area contributed by atoms with Gasteiger partial charge in [0.1, 0.15) is 0 Å². The Bertz CT molecular complexity index is 945. The van der Waals surface area contributed by atoms with E-state index in [1.165, 1.54) is 0 Å². The van der Waals surface area contributed by atoms with E-state index in [1.807, 2.05) is 13.8 Å². The number of carbonyl (C=O) groups excluding carboxylic acids is 2. The number of rotatable bonds is 6. The second-order valence-corrected chi connectivity index (χ2v) is 6.35. The van der Waals surface area contributed by atoms with Gasteiger partial charge in [0.25, 0.3) is 5.91 Å². The number of nitriles is 1. The molecule has 0 spiro atoms. The molecule has 1 aliphatic heterocycles. The van der Waals surface area contributed by atoms with E-state index in [0.717, 1.165) is 17.0 Å². The third-order valence-corrected chi connectivity index (χ3v) is 4.52. The van der Waals surface area contributed by atoms with Crippen LogP contribution < -0.4 is 20.3 Å². The quantitative estimate of drug-likeness (QED) is 0.731. The van der Waals surface area contributed by atoms with Gasteiger partial charge >= 0.3 is 0 Å². The zero-order valence-electron chi connectivity index (χ0n) is 15.7. The summed E-state index contributed by atoms with van der Waals surface area (Å²) in [6.45, 7) is 4.46. The fourth-order valence-electron chi connectivity index (χ4n) is 3.01. The molecular weight excluding hydrogens is 362 g/mol. The van der Waals surface area contributed by atoms with Crippen molar-refractivity contribution >= 4 is 11.8 Å². The third-order valence-electron chi connectivity index (χ3n) is 4.52. The zero-order chi connectivity index (χ0) is 20.1. The fraction of sp³-hybridized carbons (Fsp3) is 0.368. The van der Waals surface area contributed by atoms with Crippen LogP contribution in [0, 0.1) is 25.2 Å². The number of amides is 2. The highest BCUT2D eigenvalue weighted by Crippen LogP contribution is 2.32. The van der Waals surface area contributed by atoms with Crippen LogP contribution in [0.15, 0.2) is 18.2 Å². The van der Waals surface area contributed by atoms with Crippen LogP contribution in [0.2, 0.25) is 0 Å². The Kier molecular flexibility index (Phi) is 5.79. The lowest BCUT2D eigenvalue weighted by Crippen LogP contribution is -2.41. The molecule has 0 unspecified atom stereocenters. The molecule has 28 heavy (non-hydrogen) atoms. The molecule has 146 valence electrons. The lowest BCUT2D eigenvalue weighted by molar-refractivity contribution is -0.121. The minimum absolute atomic E-state index is 0.128. The first-order chi connectivity index (χ1) is 13.5. The van der Waals surface area contributed by atoms with Crippen molar-refractivity contribution < 1.29 is 19.1 Å². The predicted octanol–water partition coefficient (Wildman–Crippen LogP) is 1.54. The maximum atomic E-state index is 12.2. The van der Waals surface area contributed by atoms with E-state index >= 15 is 0 Å². The number of ether oxygens (including phenoxy) is 2. The summed E-state index contributed by atoms with van der Waals surface area (Å²) in [5, 5.41) is 13.1. The molecule has 2 amide bonds. The average Bonchev–Trinajstić information content (AvgIpc) is 3.26. The van der Waals surface area contributed by atoms with Gasteiger partial charge in [-0.3, -0.25) is 25.1 Å². The largest absolute Gasteiger partial charge is 0.454 e. The van der Waals surface area contributed by atoms with Gasteiger partial charge in [0.05, 0.1) is 24.7 Å². The van der Waals surface area contributed by atoms with E-state index in [9.17, 15) is 9.59 Å². The molecule has 1 aliphatic rings. The Balaban J connectivity index is 1.50. The van der Waals surface area contributed by atoms with Gasteiger partial charge in [-0.05, 0) is 44.0 Å². The lowest BCUT2D eigenvalue weighted by Gasteiger charge is -2.08. The molecule has 0 fully saturated rings. The summed E-state index contributed by atoms with van der Waals surface area (Å²) in [4.78, 5) is 24.3. The smallest absolute Gasteiger partial charge is 0.269 e. The SMILES string of the molecule is Cc1nn(CCC#N)c(C)c1CCC(=O)NNC(=O)c1ccc2c(c1)OCO2. The lowest BCUT2D eigenvalue weighted by atomic mass is 10.1. The predicted molar refractivity (Wildman–Crippen MR) is 98.4 cm³/mol. The van der Waals surface area contributed by atoms with E-state index in [0.29, 0.717) is 36.4 Å². The molecule has 9 nitrogen and oxygen atoms in total. The molecule has 1 aromatic heterocycles. The van der Waals surface area contributed by atoms with Gasteiger partial charge in [-0.2, -0.15) is 10.4 Å². The summed E-state index contributed by atoms with van der Waals surface area (Å²) in [7, 11) is 0. The van der Waals surface area contributed by atoms with Crippen LogP contribution in [0.25, 0.3) is 0 Å². The minimum atomic E-state index is -0.441. The second-order valence-electron chi connectivity index (χ2n) is 6.35. The number of fused-ring (bicyclic) bond motifs is 1. The molecular formula is C19H21N5O4. The number of nitrogens with one attached hydrogen (secondary N) is 2. The van der Waals surface area contributed by atoms with Crippen molar-refractivity contribution in [2.75, 3.05) is 6.79 Å². The number of aryl methyl sites for hydroxylation is 2. The van der Waals surface area contributed by atoms with Crippen molar-refractivity contribution in [3.63, 3.8) is 0 Å². The fourth-order valence-corrected chi connectivity index (χ4v) is 3.01. The number of hydrazine groups is 1. The summed E-state index contributed by atoms with van der Waals surface area (Å²) >= 11 is 0. The van der Waals surface area contributed by atoms with E-state index in [2.05, 4.69) is 22.0 Å². The number of aromatic nitrogens is 2. The van der Waals surface area contributed by atoms with E-state index in [4.69, 9.17) is 14.7 Å². The molecule has 1 aromatic carbocycles. The number of hydrogen-bond acceptors (Lipinski definition) is 6. The topological polar surface area (TPSA) is 118 Å². The molecule has 0 atom stereocenters. The molecule has 0 saturated carbocycles.